The third kappa shape index (κ3) is 7.27. The molecule has 3 nitrogen and oxygen atoms in total. The van der Waals surface area contributed by atoms with E-state index in [1.807, 2.05) is 13.8 Å². The van der Waals surface area contributed by atoms with Gasteiger partial charge >= 0.3 is 6.09 Å². The van der Waals surface area contributed by atoms with Crippen LogP contribution >= 0.6 is 0 Å². The average molecular weight is 133 g/mol. The number of amides is 1. The van der Waals surface area contributed by atoms with Crippen LogP contribution in [-0.4, -0.2) is 29.7 Å². The Balaban J connectivity index is 0. The molecule has 0 saturated heterocycles. The highest BCUT2D eigenvalue weighted by atomic mass is 16.4. The number of carboxylic acid groups (broad SMARTS) is 1. The van der Waals surface area contributed by atoms with Gasteiger partial charge in [-0.05, 0) is 6.92 Å². The number of hydrogen-bond acceptors (Lipinski definition) is 1. The van der Waals surface area contributed by atoms with Crippen molar-refractivity contribution in [3.05, 3.63) is 0 Å². The first kappa shape index (κ1) is 11.1. The Morgan fingerprint density at radius 2 is 1.89 bits per heavy atom. The van der Waals surface area contributed by atoms with Gasteiger partial charge in [-0.25, -0.2) is 4.79 Å². The number of hydrogen-bond donors (Lipinski definition) is 1. The van der Waals surface area contributed by atoms with Crippen LogP contribution in [0, 0.1) is 0 Å². The molecule has 0 rings (SSSR count). The second kappa shape index (κ2) is 7.27. The Kier molecular flexibility index (Phi) is 8.98. The van der Waals surface area contributed by atoms with Gasteiger partial charge in [-0.15, -0.1) is 0 Å². The normalized spacial score (nSPS) is 7.11. The predicted octanol–water partition coefficient (Wildman–Crippen LogP) is 1.64. The van der Waals surface area contributed by atoms with E-state index in [2.05, 4.69) is 0 Å². The number of nitrogens with zero attached hydrogens (tertiary/aromatic N) is 1. The zero-order valence-corrected chi connectivity index (χ0v) is 6.51. The third-order valence-corrected chi connectivity index (χ3v) is 0.801. The van der Waals surface area contributed by atoms with Gasteiger partial charge in [-0.1, -0.05) is 13.8 Å². The molecule has 9 heavy (non-hydrogen) atoms. The van der Waals surface area contributed by atoms with Crippen LogP contribution in [0.2, 0.25) is 0 Å². The predicted molar refractivity (Wildman–Crippen MR) is 37.7 cm³/mol. The van der Waals surface area contributed by atoms with Crippen molar-refractivity contribution in [1.82, 2.24) is 4.90 Å². The molecule has 0 aliphatic carbocycles. The summed E-state index contributed by atoms with van der Waals surface area (Å²) in [5, 5.41) is 8.11. The van der Waals surface area contributed by atoms with Gasteiger partial charge in [-0.2, -0.15) is 0 Å². The lowest BCUT2D eigenvalue weighted by Gasteiger charge is -2.06. The fourth-order valence-electron chi connectivity index (χ4n) is 0.135. The molecule has 0 aliphatic heterocycles. The van der Waals surface area contributed by atoms with Crippen molar-refractivity contribution in [2.75, 3.05) is 13.6 Å². The summed E-state index contributed by atoms with van der Waals surface area (Å²) in [6, 6.07) is 0. The molecule has 0 aromatic rings. The molecule has 0 aromatic heterocycles. The lowest BCUT2D eigenvalue weighted by atomic mass is 10.7. The van der Waals surface area contributed by atoms with Crippen LogP contribution < -0.4 is 0 Å². The molecule has 56 valence electrons. The van der Waals surface area contributed by atoms with Crippen LogP contribution in [0.5, 0.6) is 0 Å². The third-order valence-electron chi connectivity index (χ3n) is 0.801. The molecular weight excluding hydrogens is 118 g/mol. The summed E-state index contributed by atoms with van der Waals surface area (Å²) >= 11 is 0. The van der Waals surface area contributed by atoms with Gasteiger partial charge in [0.05, 0.1) is 0 Å². The van der Waals surface area contributed by atoms with Crippen molar-refractivity contribution in [2.24, 2.45) is 0 Å². The molecule has 0 aliphatic rings. The SMILES string of the molecule is CC.CCN(C)C(=O)O. The van der Waals surface area contributed by atoms with Gasteiger partial charge in [0.1, 0.15) is 0 Å². The molecule has 0 bridgehead atoms. The standard InChI is InChI=1S/C4H9NO2.C2H6/c1-3-5(2)4(6)7;1-2/h3H2,1-2H3,(H,6,7);1-2H3. The minimum atomic E-state index is -0.873. The van der Waals surface area contributed by atoms with E-state index in [9.17, 15) is 4.79 Å². The van der Waals surface area contributed by atoms with Gasteiger partial charge in [0, 0.05) is 13.6 Å². The first-order valence-electron chi connectivity index (χ1n) is 3.12. The van der Waals surface area contributed by atoms with E-state index in [4.69, 9.17) is 5.11 Å². The van der Waals surface area contributed by atoms with E-state index < -0.39 is 6.09 Å². The first-order chi connectivity index (χ1) is 4.18. The summed E-state index contributed by atoms with van der Waals surface area (Å²) in [6.45, 7) is 6.34. The molecule has 1 amide bonds. The van der Waals surface area contributed by atoms with Crippen molar-refractivity contribution in [3.63, 3.8) is 0 Å². The van der Waals surface area contributed by atoms with Crippen molar-refractivity contribution in [2.45, 2.75) is 20.8 Å². The molecule has 0 saturated carbocycles. The van der Waals surface area contributed by atoms with Crippen LogP contribution in [0.25, 0.3) is 0 Å². The van der Waals surface area contributed by atoms with Crippen molar-refractivity contribution in [3.8, 4) is 0 Å². The van der Waals surface area contributed by atoms with E-state index >= 15 is 0 Å². The zero-order chi connectivity index (χ0) is 7.86. The Bertz CT molecular complexity index is 73.5. The van der Waals surface area contributed by atoms with Crippen LogP contribution in [-0.2, 0) is 0 Å². The summed E-state index contributed by atoms with van der Waals surface area (Å²) in [5.74, 6) is 0. The minimum absolute atomic E-state index is 0.551. The molecule has 0 atom stereocenters. The molecule has 0 aromatic carbocycles. The quantitative estimate of drug-likeness (QED) is 0.590. The number of rotatable bonds is 1. The summed E-state index contributed by atoms with van der Waals surface area (Å²) in [7, 11) is 1.53. The lowest BCUT2D eigenvalue weighted by molar-refractivity contribution is 0.158. The van der Waals surface area contributed by atoms with E-state index in [0.717, 1.165) is 0 Å². The highest BCUT2D eigenvalue weighted by molar-refractivity contribution is 5.64. The van der Waals surface area contributed by atoms with E-state index in [0.29, 0.717) is 6.54 Å². The largest absolute Gasteiger partial charge is 0.465 e. The molecule has 0 spiro atoms. The van der Waals surface area contributed by atoms with Crippen LogP contribution in [0.3, 0.4) is 0 Å². The van der Waals surface area contributed by atoms with Gasteiger partial charge in [-0.3, -0.25) is 0 Å². The number of carbonyl (C=O) groups is 1. The molecular formula is C6H15NO2. The highest BCUT2D eigenvalue weighted by Crippen LogP contribution is 1.78. The Morgan fingerprint density at radius 1 is 1.56 bits per heavy atom. The summed E-state index contributed by atoms with van der Waals surface area (Å²) in [6.07, 6.45) is -0.873. The smallest absolute Gasteiger partial charge is 0.407 e. The van der Waals surface area contributed by atoms with Crippen LogP contribution in [0.15, 0.2) is 0 Å². The molecule has 0 fully saturated rings. The van der Waals surface area contributed by atoms with Gasteiger partial charge in [0.15, 0.2) is 0 Å². The average Bonchev–Trinajstić information content (AvgIpc) is 1.91. The maximum atomic E-state index is 9.86. The topological polar surface area (TPSA) is 40.5 Å². The van der Waals surface area contributed by atoms with Crippen LogP contribution in [0.4, 0.5) is 4.79 Å². The fraction of sp³-hybridized carbons (Fsp3) is 0.833. The minimum Gasteiger partial charge on any atom is -0.465 e. The fourth-order valence-corrected chi connectivity index (χ4v) is 0.135. The summed E-state index contributed by atoms with van der Waals surface area (Å²) in [5.41, 5.74) is 0. The molecule has 3 heteroatoms. The Morgan fingerprint density at radius 3 is 1.89 bits per heavy atom. The van der Waals surface area contributed by atoms with E-state index in [-0.39, 0.29) is 0 Å². The summed E-state index contributed by atoms with van der Waals surface area (Å²) in [4.78, 5) is 11.1. The van der Waals surface area contributed by atoms with Crippen LogP contribution in [0.1, 0.15) is 20.8 Å². The molecule has 0 unspecified atom stereocenters. The monoisotopic (exact) mass is 133 g/mol. The summed E-state index contributed by atoms with van der Waals surface area (Å²) < 4.78 is 0. The molecule has 1 N–H and O–H groups in total. The van der Waals surface area contributed by atoms with E-state index in [1.54, 1.807) is 6.92 Å². The second-order valence-corrected chi connectivity index (χ2v) is 1.30. The van der Waals surface area contributed by atoms with Crippen molar-refractivity contribution < 1.29 is 9.90 Å². The molecule has 0 radical (unpaired) electrons. The van der Waals surface area contributed by atoms with Crippen molar-refractivity contribution in [1.29, 1.82) is 0 Å². The lowest BCUT2D eigenvalue weighted by Crippen LogP contribution is -2.23. The highest BCUT2D eigenvalue weighted by Gasteiger charge is 1.97. The van der Waals surface area contributed by atoms with Gasteiger partial charge in [0.2, 0.25) is 0 Å². The van der Waals surface area contributed by atoms with Gasteiger partial charge in [0.25, 0.3) is 0 Å². The van der Waals surface area contributed by atoms with Gasteiger partial charge < -0.3 is 10.0 Å². The molecule has 0 heterocycles. The first-order valence-corrected chi connectivity index (χ1v) is 3.12. The second-order valence-electron chi connectivity index (χ2n) is 1.30. The Hall–Kier alpha value is -0.730. The Labute approximate surface area is 56.3 Å². The van der Waals surface area contributed by atoms with E-state index in [1.165, 1.54) is 11.9 Å². The maximum Gasteiger partial charge on any atom is 0.407 e. The maximum absolute atomic E-state index is 9.86. The zero-order valence-electron chi connectivity index (χ0n) is 6.51. The van der Waals surface area contributed by atoms with Crippen molar-refractivity contribution >= 4 is 6.09 Å².